The number of fused-ring (bicyclic) bond motifs is 1. The van der Waals surface area contributed by atoms with E-state index in [0.29, 0.717) is 43.3 Å². The summed E-state index contributed by atoms with van der Waals surface area (Å²) >= 11 is 0. The average Bonchev–Trinajstić information content (AvgIpc) is 3.10. The topological polar surface area (TPSA) is 61.5 Å². The molecule has 0 aliphatic carbocycles. The number of hydrogen-bond donors (Lipinski definition) is 0. The van der Waals surface area contributed by atoms with E-state index in [1.165, 1.54) is 6.07 Å². The summed E-state index contributed by atoms with van der Waals surface area (Å²) in [5, 5.41) is 8.49. The minimum absolute atomic E-state index is 0.259. The molecule has 0 radical (unpaired) electrons. The molecule has 2 aromatic heterocycles. The van der Waals surface area contributed by atoms with E-state index in [4.69, 9.17) is 9.47 Å². The fourth-order valence-corrected chi connectivity index (χ4v) is 3.13. The lowest BCUT2D eigenvalue weighted by Gasteiger charge is -2.21. The summed E-state index contributed by atoms with van der Waals surface area (Å²) in [6.07, 6.45) is 5.47. The summed E-state index contributed by atoms with van der Waals surface area (Å²) in [4.78, 5) is 4.14. The van der Waals surface area contributed by atoms with Crippen molar-refractivity contribution in [1.82, 2.24) is 19.6 Å². The number of hydrogen-bond acceptors (Lipinski definition) is 5. The van der Waals surface area contributed by atoms with E-state index >= 15 is 0 Å². The second-order valence-electron chi connectivity index (χ2n) is 6.23. The molecule has 1 aromatic carbocycles. The average molecular weight is 360 g/mol. The highest BCUT2D eigenvalue weighted by Gasteiger charge is 2.23. The summed E-state index contributed by atoms with van der Waals surface area (Å²) in [7, 11) is 0. The Balaban J connectivity index is 1.52. The van der Waals surface area contributed by atoms with Gasteiger partial charge < -0.3 is 9.47 Å². The van der Waals surface area contributed by atoms with Gasteiger partial charge in [-0.15, -0.1) is 10.2 Å². The van der Waals surface area contributed by atoms with Crippen LogP contribution in [0.5, 0.6) is 5.88 Å². The van der Waals surface area contributed by atoms with E-state index in [2.05, 4.69) is 15.2 Å². The van der Waals surface area contributed by atoms with Crippen LogP contribution in [0.25, 0.3) is 5.65 Å². The zero-order valence-corrected chi connectivity index (χ0v) is 14.1. The molecule has 0 spiro atoms. The van der Waals surface area contributed by atoms with E-state index in [-0.39, 0.29) is 5.92 Å². The van der Waals surface area contributed by atoms with Crippen LogP contribution in [-0.4, -0.2) is 39.4 Å². The van der Waals surface area contributed by atoms with Crippen LogP contribution in [0, 0.1) is 11.6 Å². The second-order valence-corrected chi connectivity index (χ2v) is 6.23. The molecule has 3 aromatic rings. The Morgan fingerprint density at radius 2 is 1.96 bits per heavy atom. The molecule has 8 heteroatoms. The summed E-state index contributed by atoms with van der Waals surface area (Å²) in [6.45, 7) is 1.71. The first kappa shape index (κ1) is 16.8. The van der Waals surface area contributed by atoms with Gasteiger partial charge in [0.25, 0.3) is 0 Å². The summed E-state index contributed by atoms with van der Waals surface area (Å²) in [5.74, 6) is -0.0686. The Hall–Kier alpha value is -2.61. The van der Waals surface area contributed by atoms with Crippen molar-refractivity contribution >= 4 is 5.65 Å². The van der Waals surface area contributed by atoms with Crippen LogP contribution in [0.4, 0.5) is 8.78 Å². The Bertz CT molecular complexity index is 909. The van der Waals surface area contributed by atoms with Gasteiger partial charge in [0.05, 0.1) is 19.0 Å². The first-order valence-corrected chi connectivity index (χ1v) is 8.56. The first-order chi connectivity index (χ1) is 12.7. The van der Waals surface area contributed by atoms with Crippen molar-refractivity contribution in [2.24, 2.45) is 0 Å². The third-order valence-corrected chi connectivity index (χ3v) is 4.52. The predicted octanol–water partition coefficient (Wildman–Crippen LogP) is 2.92. The fraction of sp³-hybridized carbons (Fsp3) is 0.389. The van der Waals surface area contributed by atoms with Crippen LogP contribution in [-0.2, 0) is 11.2 Å². The lowest BCUT2D eigenvalue weighted by Crippen LogP contribution is -2.17. The van der Waals surface area contributed by atoms with Gasteiger partial charge in [0.2, 0.25) is 5.88 Å². The molecule has 3 heterocycles. The van der Waals surface area contributed by atoms with Gasteiger partial charge in [-0.05, 0) is 30.5 Å². The van der Waals surface area contributed by atoms with Crippen LogP contribution in [0.15, 0.2) is 30.6 Å². The lowest BCUT2D eigenvalue weighted by atomic mass is 10.00. The maximum atomic E-state index is 13.3. The highest BCUT2D eigenvalue weighted by Crippen LogP contribution is 2.28. The number of rotatable bonds is 5. The molecule has 1 aliphatic rings. The minimum atomic E-state index is -0.855. The molecular weight excluding hydrogens is 342 g/mol. The Labute approximate surface area is 148 Å². The highest BCUT2D eigenvalue weighted by molar-refractivity contribution is 5.39. The zero-order valence-electron chi connectivity index (χ0n) is 14.1. The van der Waals surface area contributed by atoms with Crippen molar-refractivity contribution in [1.29, 1.82) is 0 Å². The number of benzene rings is 1. The second kappa shape index (κ2) is 7.33. The Morgan fingerprint density at radius 1 is 1.12 bits per heavy atom. The highest BCUT2D eigenvalue weighted by atomic mass is 19.2. The minimum Gasteiger partial charge on any atom is -0.477 e. The maximum absolute atomic E-state index is 13.3. The Morgan fingerprint density at radius 3 is 2.77 bits per heavy atom. The first-order valence-electron chi connectivity index (χ1n) is 8.56. The SMILES string of the molecule is Fc1ccc(CCOc2cncc3nnc(C4CCOCC4)n23)cc1F. The summed E-state index contributed by atoms with van der Waals surface area (Å²) in [6, 6.07) is 3.85. The zero-order chi connectivity index (χ0) is 17.9. The van der Waals surface area contributed by atoms with Crippen LogP contribution >= 0.6 is 0 Å². The quantitative estimate of drug-likeness (QED) is 0.700. The molecule has 0 amide bonds. The molecule has 26 heavy (non-hydrogen) atoms. The van der Waals surface area contributed by atoms with Crippen LogP contribution in [0.1, 0.15) is 30.1 Å². The molecule has 1 saturated heterocycles. The molecule has 0 atom stereocenters. The molecule has 0 N–H and O–H groups in total. The van der Waals surface area contributed by atoms with Crippen molar-refractivity contribution in [2.45, 2.75) is 25.2 Å². The van der Waals surface area contributed by atoms with Gasteiger partial charge in [-0.1, -0.05) is 6.07 Å². The summed E-state index contributed by atoms with van der Waals surface area (Å²) in [5.41, 5.74) is 1.29. The fourth-order valence-electron chi connectivity index (χ4n) is 3.13. The van der Waals surface area contributed by atoms with E-state index in [0.717, 1.165) is 24.7 Å². The van der Waals surface area contributed by atoms with E-state index in [1.54, 1.807) is 18.5 Å². The molecule has 0 unspecified atom stereocenters. The predicted molar refractivity (Wildman–Crippen MR) is 89.1 cm³/mol. The molecule has 6 nitrogen and oxygen atoms in total. The third kappa shape index (κ3) is 3.37. The van der Waals surface area contributed by atoms with Crippen LogP contribution < -0.4 is 4.74 Å². The monoisotopic (exact) mass is 360 g/mol. The van der Waals surface area contributed by atoms with Gasteiger partial charge in [0.15, 0.2) is 17.3 Å². The van der Waals surface area contributed by atoms with Crippen molar-refractivity contribution in [3.05, 3.63) is 53.6 Å². The number of nitrogens with zero attached hydrogens (tertiary/aromatic N) is 4. The Kier molecular flexibility index (Phi) is 4.75. The number of halogens is 2. The smallest absolute Gasteiger partial charge is 0.219 e. The summed E-state index contributed by atoms with van der Waals surface area (Å²) < 4.78 is 39.4. The van der Waals surface area contributed by atoms with Crippen molar-refractivity contribution in [2.75, 3.05) is 19.8 Å². The molecule has 1 fully saturated rings. The van der Waals surface area contributed by atoms with Gasteiger partial charge >= 0.3 is 0 Å². The normalized spacial score (nSPS) is 15.5. The third-order valence-electron chi connectivity index (χ3n) is 4.52. The van der Waals surface area contributed by atoms with Crippen molar-refractivity contribution in [3.63, 3.8) is 0 Å². The maximum Gasteiger partial charge on any atom is 0.219 e. The van der Waals surface area contributed by atoms with Crippen LogP contribution in [0.3, 0.4) is 0 Å². The van der Waals surface area contributed by atoms with Crippen molar-refractivity contribution < 1.29 is 18.3 Å². The standard InChI is InChI=1S/C18H18F2N4O2/c19-14-2-1-12(9-15(14)20)3-8-26-17-11-21-10-16-22-23-18(24(16)17)13-4-6-25-7-5-13/h1-2,9-11,13H,3-8H2. The van der Waals surface area contributed by atoms with E-state index in [9.17, 15) is 8.78 Å². The molecular formula is C18H18F2N4O2. The molecule has 1 aliphatic heterocycles. The molecule has 0 saturated carbocycles. The molecule has 4 rings (SSSR count). The number of aromatic nitrogens is 4. The number of ether oxygens (including phenoxy) is 2. The van der Waals surface area contributed by atoms with Gasteiger partial charge in [0, 0.05) is 25.6 Å². The van der Waals surface area contributed by atoms with Gasteiger partial charge in [-0.25, -0.2) is 13.2 Å². The van der Waals surface area contributed by atoms with Crippen molar-refractivity contribution in [3.8, 4) is 5.88 Å². The largest absolute Gasteiger partial charge is 0.477 e. The van der Waals surface area contributed by atoms with E-state index < -0.39 is 11.6 Å². The molecule has 136 valence electrons. The molecule has 0 bridgehead atoms. The van der Waals surface area contributed by atoms with E-state index in [1.807, 2.05) is 4.40 Å². The lowest BCUT2D eigenvalue weighted by molar-refractivity contribution is 0.0832. The van der Waals surface area contributed by atoms with Gasteiger partial charge in [-0.2, -0.15) is 0 Å². The van der Waals surface area contributed by atoms with Gasteiger partial charge in [0.1, 0.15) is 5.82 Å². The van der Waals surface area contributed by atoms with Crippen LogP contribution in [0.2, 0.25) is 0 Å². The van der Waals surface area contributed by atoms with Gasteiger partial charge in [-0.3, -0.25) is 4.98 Å².